The second-order valence-electron chi connectivity index (χ2n) is 4.71. The van der Waals surface area contributed by atoms with Gasteiger partial charge in [0.25, 0.3) is 17.4 Å². The molecule has 0 atom stereocenters. The maximum atomic E-state index is 13.9. The minimum atomic E-state index is -0.715. The Hall–Kier alpha value is -2.68. The number of aromatic nitrogens is 1. The van der Waals surface area contributed by atoms with Crippen LogP contribution in [0.2, 0.25) is 0 Å². The van der Waals surface area contributed by atoms with E-state index in [-0.39, 0.29) is 32.9 Å². The number of amides is 2. The first kappa shape index (κ1) is 15.2. The van der Waals surface area contributed by atoms with Gasteiger partial charge in [0, 0.05) is 12.1 Å². The number of nitrogens with zero attached hydrogens (tertiary/aromatic N) is 1. The fraction of sp³-hybridized carbons (Fsp3) is 0.0714. The van der Waals surface area contributed by atoms with Gasteiger partial charge in [-0.25, -0.2) is 4.39 Å². The Bertz CT molecular complexity index is 939. The molecule has 1 aliphatic rings. The first-order chi connectivity index (χ1) is 10.8. The number of benzene rings is 1. The third-order valence-electron chi connectivity index (χ3n) is 3.42. The molecule has 0 aliphatic carbocycles. The minimum Gasteiger partial charge on any atom is -0.495 e. The van der Waals surface area contributed by atoms with Crippen LogP contribution in [0.25, 0.3) is 5.69 Å². The lowest BCUT2D eigenvalue weighted by atomic mass is 10.1. The number of ether oxygens (including phenoxy) is 1. The number of nitrogen functional groups attached to an aromatic ring is 1. The molecule has 23 heavy (non-hydrogen) atoms. The van der Waals surface area contributed by atoms with Crippen LogP contribution in [0.5, 0.6) is 5.75 Å². The van der Waals surface area contributed by atoms with Crippen LogP contribution in [0.3, 0.4) is 0 Å². The zero-order valence-electron chi connectivity index (χ0n) is 11.6. The first-order valence-corrected chi connectivity index (χ1v) is 7.09. The number of rotatable bonds is 2. The Morgan fingerprint density at radius 1 is 1.22 bits per heavy atom. The summed E-state index contributed by atoms with van der Waals surface area (Å²) in [6, 6.07) is 3.35. The van der Waals surface area contributed by atoms with Crippen LogP contribution in [0.15, 0.2) is 27.5 Å². The number of hydrogen-bond donors (Lipinski definition) is 2. The number of halogens is 2. The van der Waals surface area contributed by atoms with Gasteiger partial charge in [0.05, 0.1) is 28.4 Å². The molecule has 118 valence electrons. The lowest BCUT2D eigenvalue weighted by molar-refractivity contribution is 0.0880. The van der Waals surface area contributed by atoms with Gasteiger partial charge < -0.3 is 10.5 Å². The van der Waals surface area contributed by atoms with E-state index in [4.69, 9.17) is 10.5 Å². The summed E-state index contributed by atoms with van der Waals surface area (Å²) < 4.78 is 20.1. The van der Waals surface area contributed by atoms with Gasteiger partial charge in [-0.1, -0.05) is 0 Å². The predicted molar refractivity (Wildman–Crippen MR) is 82.5 cm³/mol. The van der Waals surface area contributed by atoms with E-state index in [2.05, 4.69) is 21.2 Å². The summed E-state index contributed by atoms with van der Waals surface area (Å²) in [5.41, 5.74) is 4.99. The summed E-state index contributed by atoms with van der Waals surface area (Å²) in [5.74, 6) is -2.16. The van der Waals surface area contributed by atoms with Crippen LogP contribution in [0.4, 0.5) is 10.2 Å². The molecule has 2 amide bonds. The SMILES string of the molecule is COc1cc(Br)c(F)cc1-n1c(N)c2c(cc1=O)C(=O)NC2=O. The van der Waals surface area contributed by atoms with Gasteiger partial charge in [-0.2, -0.15) is 0 Å². The van der Waals surface area contributed by atoms with Crippen molar-refractivity contribution in [3.05, 3.63) is 50.0 Å². The largest absolute Gasteiger partial charge is 0.495 e. The second-order valence-corrected chi connectivity index (χ2v) is 5.57. The van der Waals surface area contributed by atoms with Crippen molar-refractivity contribution >= 4 is 33.6 Å². The fourth-order valence-corrected chi connectivity index (χ4v) is 2.71. The molecule has 0 bridgehead atoms. The van der Waals surface area contributed by atoms with Crippen LogP contribution in [-0.4, -0.2) is 23.5 Å². The van der Waals surface area contributed by atoms with Crippen molar-refractivity contribution in [3.8, 4) is 11.4 Å². The molecule has 3 N–H and O–H groups in total. The van der Waals surface area contributed by atoms with Gasteiger partial charge in [-0.3, -0.25) is 24.3 Å². The molecule has 2 aromatic rings. The zero-order chi connectivity index (χ0) is 16.9. The van der Waals surface area contributed by atoms with Crippen molar-refractivity contribution in [1.82, 2.24) is 9.88 Å². The third-order valence-corrected chi connectivity index (χ3v) is 4.02. The number of nitrogens with one attached hydrogen (secondary N) is 1. The maximum absolute atomic E-state index is 13.9. The number of imide groups is 1. The highest BCUT2D eigenvalue weighted by Crippen LogP contribution is 2.31. The molecule has 1 aliphatic heterocycles. The molecule has 1 aromatic heterocycles. The quantitative estimate of drug-likeness (QED) is 0.761. The number of hydrogen-bond acceptors (Lipinski definition) is 5. The topological polar surface area (TPSA) is 103 Å². The van der Waals surface area contributed by atoms with Crippen molar-refractivity contribution in [2.45, 2.75) is 0 Å². The van der Waals surface area contributed by atoms with Gasteiger partial charge in [0.15, 0.2) is 0 Å². The standard InChI is InChI=1S/C14H9BrFN3O4/c1-23-9-3-6(15)7(16)4-8(9)19-10(20)2-5-11(12(19)17)14(22)18-13(5)21/h2-4H,17H2,1H3,(H,18,21,22). The molecule has 0 spiro atoms. The average Bonchev–Trinajstić information content (AvgIpc) is 2.77. The van der Waals surface area contributed by atoms with Gasteiger partial charge in [-0.15, -0.1) is 0 Å². The van der Waals surface area contributed by atoms with Crippen molar-refractivity contribution in [1.29, 1.82) is 0 Å². The highest BCUT2D eigenvalue weighted by Gasteiger charge is 2.32. The summed E-state index contributed by atoms with van der Waals surface area (Å²) in [6.45, 7) is 0. The lowest BCUT2D eigenvalue weighted by Gasteiger charge is -2.15. The number of carbonyl (C=O) groups excluding carboxylic acids is 2. The summed E-state index contributed by atoms with van der Waals surface area (Å²) in [6.07, 6.45) is 0. The van der Waals surface area contributed by atoms with Crippen molar-refractivity contribution in [2.75, 3.05) is 12.8 Å². The van der Waals surface area contributed by atoms with Crippen LogP contribution >= 0.6 is 15.9 Å². The minimum absolute atomic E-state index is 0.0191. The number of anilines is 1. The predicted octanol–water partition coefficient (Wildman–Crippen LogP) is 1.21. The van der Waals surface area contributed by atoms with E-state index in [0.717, 1.165) is 16.7 Å². The van der Waals surface area contributed by atoms with E-state index in [9.17, 15) is 18.8 Å². The summed E-state index contributed by atoms with van der Waals surface area (Å²) in [4.78, 5) is 35.8. The lowest BCUT2D eigenvalue weighted by Crippen LogP contribution is -2.24. The monoisotopic (exact) mass is 381 g/mol. The van der Waals surface area contributed by atoms with E-state index in [1.807, 2.05) is 0 Å². The van der Waals surface area contributed by atoms with E-state index in [1.54, 1.807) is 0 Å². The number of pyridine rings is 1. The number of fused-ring (bicyclic) bond motifs is 1. The summed E-state index contributed by atoms with van der Waals surface area (Å²) in [7, 11) is 1.34. The van der Waals surface area contributed by atoms with E-state index < -0.39 is 23.2 Å². The molecule has 0 saturated carbocycles. The molecule has 0 fully saturated rings. The van der Waals surface area contributed by atoms with Crippen LogP contribution in [-0.2, 0) is 0 Å². The highest BCUT2D eigenvalue weighted by molar-refractivity contribution is 9.10. The Labute approximate surface area is 137 Å². The van der Waals surface area contributed by atoms with Crippen molar-refractivity contribution in [3.63, 3.8) is 0 Å². The van der Waals surface area contributed by atoms with Gasteiger partial charge in [-0.05, 0) is 22.0 Å². The molecule has 7 nitrogen and oxygen atoms in total. The second kappa shape index (κ2) is 5.20. The molecule has 0 saturated heterocycles. The molecule has 9 heteroatoms. The highest BCUT2D eigenvalue weighted by atomic mass is 79.9. The molecule has 0 unspecified atom stereocenters. The Kier molecular flexibility index (Phi) is 3.44. The van der Waals surface area contributed by atoms with Crippen LogP contribution in [0.1, 0.15) is 20.7 Å². The number of nitrogens with two attached hydrogens (primary N) is 1. The molecule has 1 aromatic carbocycles. The molecule has 3 rings (SSSR count). The zero-order valence-corrected chi connectivity index (χ0v) is 13.2. The molecule has 2 heterocycles. The Morgan fingerprint density at radius 3 is 2.57 bits per heavy atom. The average molecular weight is 382 g/mol. The molecule has 0 radical (unpaired) electrons. The van der Waals surface area contributed by atoms with Gasteiger partial charge >= 0.3 is 0 Å². The van der Waals surface area contributed by atoms with Crippen LogP contribution < -0.4 is 21.3 Å². The Balaban J connectivity index is 2.38. The van der Waals surface area contributed by atoms with E-state index >= 15 is 0 Å². The maximum Gasteiger partial charge on any atom is 0.262 e. The van der Waals surface area contributed by atoms with Crippen molar-refractivity contribution in [2.24, 2.45) is 0 Å². The fourth-order valence-electron chi connectivity index (χ4n) is 2.38. The molecular formula is C14H9BrFN3O4. The van der Waals surface area contributed by atoms with E-state index in [0.29, 0.717) is 0 Å². The van der Waals surface area contributed by atoms with Gasteiger partial charge in [0.1, 0.15) is 17.4 Å². The van der Waals surface area contributed by atoms with Crippen molar-refractivity contribution < 1.29 is 18.7 Å². The van der Waals surface area contributed by atoms with Gasteiger partial charge in [0.2, 0.25) is 0 Å². The third kappa shape index (κ3) is 2.20. The Morgan fingerprint density at radius 2 is 1.91 bits per heavy atom. The number of carbonyl (C=O) groups is 2. The summed E-state index contributed by atoms with van der Waals surface area (Å²) in [5, 5.41) is 2.06. The molecular weight excluding hydrogens is 373 g/mol. The number of methoxy groups -OCH3 is 1. The normalized spacial score (nSPS) is 13.0. The van der Waals surface area contributed by atoms with E-state index in [1.165, 1.54) is 13.2 Å². The van der Waals surface area contributed by atoms with Crippen LogP contribution in [0, 0.1) is 5.82 Å². The first-order valence-electron chi connectivity index (χ1n) is 6.29. The summed E-state index contributed by atoms with van der Waals surface area (Å²) >= 11 is 3.02. The smallest absolute Gasteiger partial charge is 0.262 e.